The van der Waals surface area contributed by atoms with E-state index in [1.165, 1.54) is 6.42 Å². The molecule has 190 valence electrons. The van der Waals surface area contributed by atoms with Crippen molar-refractivity contribution in [2.75, 3.05) is 6.61 Å². The van der Waals surface area contributed by atoms with Crippen molar-refractivity contribution in [3.63, 3.8) is 0 Å². The largest absolute Gasteiger partial charge is 0.483 e. The standard InChI is InChI=1S/C29H39ClN2O3/c1-5-25(28(34)31-22-14-7-6-8-15-22)32(19-21-13-9-11-17-24(21)30)27(33)20-35-26-18-12-10-16-23(26)29(2,3)4/h9-13,16-18,22,25H,5-8,14-15,19-20H2,1-4H3,(H,31,34). The fraction of sp³-hybridized carbons (Fsp3) is 0.517. The van der Waals surface area contributed by atoms with Crippen LogP contribution in [0.4, 0.5) is 0 Å². The van der Waals surface area contributed by atoms with Crippen LogP contribution >= 0.6 is 11.6 Å². The van der Waals surface area contributed by atoms with E-state index in [1.54, 1.807) is 11.0 Å². The number of carbonyl (C=O) groups is 2. The molecule has 0 spiro atoms. The maximum absolute atomic E-state index is 13.6. The number of ether oxygens (including phenoxy) is 1. The summed E-state index contributed by atoms with van der Waals surface area (Å²) in [6.07, 6.45) is 5.97. The van der Waals surface area contributed by atoms with Gasteiger partial charge < -0.3 is 15.0 Å². The lowest BCUT2D eigenvalue weighted by molar-refractivity contribution is -0.143. The molecule has 0 heterocycles. The van der Waals surface area contributed by atoms with Crippen molar-refractivity contribution in [3.8, 4) is 5.75 Å². The second-order valence-corrected chi connectivity index (χ2v) is 10.8. The highest BCUT2D eigenvalue weighted by atomic mass is 35.5. The molecule has 1 N–H and O–H groups in total. The second kappa shape index (κ2) is 12.4. The second-order valence-electron chi connectivity index (χ2n) is 10.4. The highest BCUT2D eigenvalue weighted by Gasteiger charge is 2.31. The van der Waals surface area contributed by atoms with Gasteiger partial charge in [-0.3, -0.25) is 9.59 Å². The van der Waals surface area contributed by atoms with Gasteiger partial charge in [-0.1, -0.05) is 95.0 Å². The van der Waals surface area contributed by atoms with Crippen molar-refractivity contribution in [1.29, 1.82) is 0 Å². The first kappa shape index (κ1) is 27.1. The molecule has 0 aromatic heterocycles. The van der Waals surface area contributed by atoms with Crippen molar-refractivity contribution in [2.45, 2.75) is 90.3 Å². The van der Waals surface area contributed by atoms with E-state index in [0.717, 1.165) is 36.8 Å². The average Bonchev–Trinajstić information content (AvgIpc) is 2.84. The molecule has 35 heavy (non-hydrogen) atoms. The molecule has 0 bridgehead atoms. The zero-order valence-corrected chi connectivity index (χ0v) is 22.2. The van der Waals surface area contributed by atoms with E-state index in [-0.39, 0.29) is 36.4 Å². The first-order valence-corrected chi connectivity index (χ1v) is 13.1. The molecule has 1 fully saturated rings. The number of halogens is 1. The monoisotopic (exact) mass is 498 g/mol. The normalized spacial score (nSPS) is 15.3. The maximum atomic E-state index is 13.6. The molecule has 2 amide bonds. The van der Waals surface area contributed by atoms with Crippen LogP contribution in [0.25, 0.3) is 0 Å². The van der Waals surface area contributed by atoms with Crippen molar-refractivity contribution >= 4 is 23.4 Å². The van der Waals surface area contributed by atoms with E-state index in [4.69, 9.17) is 16.3 Å². The van der Waals surface area contributed by atoms with Gasteiger partial charge in [0.2, 0.25) is 5.91 Å². The average molecular weight is 499 g/mol. The molecule has 2 aromatic rings. The molecule has 2 aromatic carbocycles. The maximum Gasteiger partial charge on any atom is 0.261 e. The van der Waals surface area contributed by atoms with Crippen LogP contribution in [-0.2, 0) is 21.5 Å². The first-order chi connectivity index (χ1) is 16.7. The number of rotatable bonds is 9. The van der Waals surface area contributed by atoms with Crippen LogP contribution in [0.2, 0.25) is 5.02 Å². The Balaban J connectivity index is 1.81. The number of carbonyl (C=O) groups excluding carboxylic acids is 2. The molecule has 1 aliphatic rings. The molecule has 6 heteroatoms. The van der Waals surface area contributed by atoms with E-state index >= 15 is 0 Å². The van der Waals surface area contributed by atoms with Gasteiger partial charge in [0.1, 0.15) is 11.8 Å². The third kappa shape index (κ3) is 7.47. The van der Waals surface area contributed by atoms with E-state index < -0.39 is 6.04 Å². The van der Waals surface area contributed by atoms with Gasteiger partial charge in [-0.2, -0.15) is 0 Å². The molecular formula is C29H39ClN2O3. The summed E-state index contributed by atoms with van der Waals surface area (Å²) in [4.78, 5) is 28.5. The Morgan fingerprint density at radius 1 is 1.06 bits per heavy atom. The van der Waals surface area contributed by atoms with E-state index in [0.29, 0.717) is 17.2 Å². The van der Waals surface area contributed by atoms with Crippen LogP contribution in [0.5, 0.6) is 5.75 Å². The number of hydrogen-bond donors (Lipinski definition) is 1. The number of nitrogens with one attached hydrogen (secondary N) is 1. The number of hydrogen-bond acceptors (Lipinski definition) is 3. The lowest BCUT2D eigenvalue weighted by Gasteiger charge is -2.33. The summed E-state index contributed by atoms with van der Waals surface area (Å²) < 4.78 is 6.04. The topological polar surface area (TPSA) is 58.6 Å². The predicted octanol–water partition coefficient (Wildman–Crippen LogP) is 6.27. The summed E-state index contributed by atoms with van der Waals surface area (Å²) >= 11 is 6.43. The van der Waals surface area contributed by atoms with Crippen molar-refractivity contribution in [2.24, 2.45) is 0 Å². The Morgan fingerprint density at radius 3 is 2.37 bits per heavy atom. The fourth-order valence-corrected chi connectivity index (χ4v) is 4.90. The van der Waals surface area contributed by atoms with Crippen LogP contribution in [-0.4, -0.2) is 35.4 Å². The third-order valence-corrected chi connectivity index (χ3v) is 7.05. The molecule has 0 radical (unpaired) electrons. The molecule has 1 aliphatic carbocycles. The van der Waals surface area contributed by atoms with Crippen LogP contribution in [0.3, 0.4) is 0 Å². The lowest BCUT2D eigenvalue weighted by atomic mass is 9.86. The Bertz CT molecular complexity index is 995. The van der Waals surface area contributed by atoms with Crippen LogP contribution in [0.1, 0.15) is 77.3 Å². The molecule has 0 saturated heterocycles. The Morgan fingerprint density at radius 2 is 1.71 bits per heavy atom. The summed E-state index contributed by atoms with van der Waals surface area (Å²) in [5.74, 6) is 0.347. The Hall–Kier alpha value is -2.53. The van der Waals surface area contributed by atoms with Gasteiger partial charge in [0, 0.05) is 17.6 Å². The van der Waals surface area contributed by atoms with E-state index in [1.807, 2.05) is 49.4 Å². The van der Waals surface area contributed by atoms with Crippen LogP contribution in [0, 0.1) is 0 Å². The lowest BCUT2D eigenvalue weighted by Crippen LogP contribution is -2.52. The van der Waals surface area contributed by atoms with Crippen molar-refractivity contribution in [1.82, 2.24) is 10.2 Å². The third-order valence-electron chi connectivity index (χ3n) is 6.68. The predicted molar refractivity (Wildman–Crippen MR) is 142 cm³/mol. The molecule has 1 saturated carbocycles. The van der Waals surface area contributed by atoms with Gasteiger partial charge in [-0.05, 0) is 47.9 Å². The SMILES string of the molecule is CCC(C(=O)NC1CCCCC1)N(Cc1ccccc1Cl)C(=O)COc1ccccc1C(C)(C)C. The summed E-state index contributed by atoms with van der Waals surface area (Å²) in [6.45, 7) is 8.38. The number of para-hydroxylation sites is 1. The number of nitrogens with zero attached hydrogens (tertiary/aromatic N) is 1. The number of benzene rings is 2. The van der Waals surface area contributed by atoms with Gasteiger partial charge in [0.25, 0.3) is 5.91 Å². The van der Waals surface area contributed by atoms with Gasteiger partial charge in [0.15, 0.2) is 6.61 Å². The quantitative estimate of drug-likeness (QED) is 0.443. The summed E-state index contributed by atoms with van der Waals surface area (Å²) in [7, 11) is 0. The minimum atomic E-state index is -0.595. The van der Waals surface area contributed by atoms with Gasteiger partial charge in [-0.25, -0.2) is 0 Å². The molecule has 3 rings (SSSR count). The summed E-state index contributed by atoms with van der Waals surface area (Å²) in [5.41, 5.74) is 1.72. The molecular weight excluding hydrogens is 460 g/mol. The Labute approximate surface area is 215 Å². The molecule has 1 unspecified atom stereocenters. The van der Waals surface area contributed by atoms with Crippen LogP contribution < -0.4 is 10.1 Å². The molecule has 5 nitrogen and oxygen atoms in total. The minimum Gasteiger partial charge on any atom is -0.483 e. The van der Waals surface area contributed by atoms with Crippen molar-refractivity contribution in [3.05, 3.63) is 64.7 Å². The summed E-state index contributed by atoms with van der Waals surface area (Å²) in [5, 5.41) is 3.78. The van der Waals surface area contributed by atoms with E-state index in [9.17, 15) is 9.59 Å². The van der Waals surface area contributed by atoms with Crippen LogP contribution in [0.15, 0.2) is 48.5 Å². The van der Waals surface area contributed by atoms with Crippen molar-refractivity contribution < 1.29 is 14.3 Å². The highest BCUT2D eigenvalue weighted by molar-refractivity contribution is 6.31. The minimum absolute atomic E-state index is 0.102. The van der Waals surface area contributed by atoms with Gasteiger partial charge in [0.05, 0.1) is 0 Å². The van der Waals surface area contributed by atoms with Gasteiger partial charge >= 0.3 is 0 Å². The number of amides is 2. The fourth-order valence-electron chi connectivity index (χ4n) is 4.71. The zero-order chi connectivity index (χ0) is 25.4. The van der Waals surface area contributed by atoms with Gasteiger partial charge in [-0.15, -0.1) is 0 Å². The van der Waals surface area contributed by atoms with E-state index in [2.05, 4.69) is 26.1 Å². The smallest absolute Gasteiger partial charge is 0.261 e. The highest BCUT2D eigenvalue weighted by Crippen LogP contribution is 2.31. The first-order valence-electron chi connectivity index (χ1n) is 12.8. The zero-order valence-electron chi connectivity index (χ0n) is 21.5. The summed E-state index contributed by atoms with van der Waals surface area (Å²) in [6, 6.07) is 14.8. The Kier molecular flexibility index (Phi) is 9.62. The molecule has 0 aliphatic heterocycles. The molecule has 1 atom stereocenters.